The fourth-order valence-electron chi connectivity index (χ4n) is 4.29. The van der Waals surface area contributed by atoms with Crippen LogP contribution in [-0.4, -0.2) is 48.8 Å². The third kappa shape index (κ3) is 5.16. The summed E-state index contributed by atoms with van der Waals surface area (Å²) in [5.74, 6) is 2.02. The van der Waals surface area contributed by atoms with Crippen LogP contribution < -0.4 is 4.74 Å². The first kappa shape index (κ1) is 22.6. The number of likely N-dealkylation sites (tertiary alicyclic amines) is 1. The van der Waals surface area contributed by atoms with Gasteiger partial charge in [0.25, 0.3) is 5.91 Å². The molecule has 0 N–H and O–H groups in total. The number of ether oxygens (including phenoxy) is 1. The lowest BCUT2D eigenvalue weighted by molar-refractivity contribution is 0.0704. The Kier molecular flexibility index (Phi) is 6.43. The molecule has 8 heteroatoms. The Bertz CT molecular complexity index is 1340. The zero-order chi connectivity index (χ0) is 24.2. The molecule has 35 heavy (non-hydrogen) atoms. The van der Waals surface area contributed by atoms with Crippen molar-refractivity contribution in [3.05, 3.63) is 90.0 Å². The molecule has 1 aliphatic heterocycles. The van der Waals surface area contributed by atoms with Crippen molar-refractivity contribution >= 4 is 5.91 Å². The third-order valence-corrected chi connectivity index (χ3v) is 6.09. The Morgan fingerprint density at radius 1 is 1.06 bits per heavy atom. The van der Waals surface area contributed by atoms with E-state index >= 15 is 0 Å². The number of hydrogen-bond donors (Lipinski definition) is 0. The maximum atomic E-state index is 13.4. The van der Waals surface area contributed by atoms with Crippen molar-refractivity contribution < 1.29 is 9.53 Å². The summed E-state index contributed by atoms with van der Waals surface area (Å²) in [6.07, 6.45) is 8.29. The van der Waals surface area contributed by atoms with Gasteiger partial charge in [0.1, 0.15) is 17.9 Å². The van der Waals surface area contributed by atoms with E-state index in [9.17, 15) is 4.79 Å². The molecule has 0 unspecified atom stereocenters. The molecule has 1 aliphatic rings. The number of rotatable bonds is 5. The molecule has 0 saturated carbocycles. The summed E-state index contributed by atoms with van der Waals surface area (Å²) < 4.78 is 6.07. The number of amides is 1. The van der Waals surface area contributed by atoms with E-state index in [2.05, 4.69) is 19.9 Å². The van der Waals surface area contributed by atoms with Gasteiger partial charge in [-0.25, -0.2) is 15.0 Å². The van der Waals surface area contributed by atoms with Crippen LogP contribution in [0.25, 0.3) is 11.3 Å². The van der Waals surface area contributed by atoms with Gasteiger partial charge < -0.3 is 9.64 Å². The van der Waals surface area contributed by atoms with E-state index in [-0.39, 0.29) is 11.8 Å². The predicted molar refractivity (Wildman–Crippen MR) is 131 cm³/mol. The summed E-state index contributed by atoms with van der Waals surface area (Å²) in [7, 11) is 0. The number of carbonyl (C=O) groups excluding carboxylic acids is 1. The Morgan fingerprint density at radius 3 is 2.71 bits per heavy atom. The van der Waals surface area contributed by atoms with Gasteiger partial charge in [0.2, 0.25) is 5.88 Å². The third-order valence-electron chi connectivity index (χ3n) is 6.09. The molecule has 0 bridgehead atoms. The molecule has 3 aromatic heterocycles. The van der Waals surface area contributed by atoms with Gasteiger partial charge in [-0.05, 0) is 50.5 Å². The number of pyridine rings is 1. The minimum absolute atomic E-state index is 0.0285. The van der Waals surface area contributed by atoms with Gasteiger partial charge in [0.15, 0.2) is 0 Å². The van der Waals surface area contributed by atoms with E-state index in [0.29, 0.717) is 36.1 Å². The number of para-hydroxylation sites is 1. The number of benzene rings is 1. The maximum Gasteiger partial charge on any atom is 0.254 e. The Balaban J connectivity index is 1.34. The Labute approximate surface area is 204 Å². The molecule has 0 aliphatic carbocycles. The molecule has 1 aromatic carbocycles. The molecule has 1 saturated heterocycles. The van der Waals surface area contributed by atoms with Gasteiger partial charge in [0, 0.05) is 60.5 Å². The molecule has 4 heterocycles. The number of piperidine rings is 1. The molecule has 5 rings (SSSR count). The Morgan fingerprint density at radius 2 is 1.89 bits per heavy atom. The van der Waals surface area contributed by atoms with E-state index in [1.54, 1.807) is 30.7 Å². The van der Waals surface area contributed by atoms with Crippen molar-refractivity contribution in [2.45, 2.75) is 32.6 Å². The van der Waals surface area contributed by atoms with Crippen LogP contribution in [0.1, 0.15) is 46.2 Å². The first-order valence-corrected chi connectivity index (χ1v) is 11.7. The maximum absolute atomic E-state index is 13.4. The SMILES string of the molecule is Cc1cc(Oc2ccccc2C)nc([C@H]2CCCN(C(=O)c3ccnc(-c4cncnc4)c3)C2)n1. The molecule has 4 aromatic rings. The summed E-state index contributed by atoms with van der Waals surface area (Å²) in [5.41, 5.74) is 3.91. The molecule has 8 nitrogen and oxygen atoms in total. The fraction of sp³-hybridized carbons (Fsp3) is 0.259. The zero-order valence-corrected chi connectivity index (χ0v) is 19.8. The highest BCUT2D eigenvalue weighted by molar-refractivity contribution is 5.95. The Hall–Kier alpha value is -4.20. The lowest BCUT2D eigenvalue weighted by Gasteiger charge is -2.32. The van der Waals surface area contributed by atoms with Crippen molar-refractivity contribution in [1.82, 2.24) is 29.8 Å². The van der Waals surface area contributed by atoms with Crippen LogP contribution in [0.3, 0.4) is 0 Å². The first-order valence-electron chi connectivity index (χ1n) is 11.7. The quantitative estimate of drug-likeness (QED) is 0.419. The second kappa shape index (κ2) is 9.97. The van der Waals surface area contributed by atoms with E-state index in [1.165, 1.54) is 6.33 Å². The number of aryl methyl sites for hydroxylation is 2. The normalized spacial score (nSPS) is 15.6. The summed E-state index contributed by atoms with van der Waals surface area (Å²) in [4.78, 5) is 37.1. The topological polar surface area (TPSA) is 94.0 Å². The average Bonchev–Trinajstić information content (AvgIpc) is 2.90. The summed E-state index contributed by atoms with van der Waals surface area (Å²) in [6, 6.07) is 13.2. The van der Waals surface area contributed by atoms with E-state index in [1.807, 2.05) is 49.1 Å². The number of carbonyl (C=O) groups is 1. The highest BCUT2D eigenvalue weighted by atomic mass is 16.5. The highest BCUT2D eigenvalue weighted by Crippen LogP contribution is 2.29. The molecular formula is C27H26N6O2. The van der Waals surface area contributed by atoms with Crippen molar-refractivity contribution in [3.63, 3.8) is 0 Å². The largest absolute Gasteiger partial charge is 0.439 e. The van der Waals surface area contributed by atoms with Crippen LogP contribution in [0.5, 0.6) is 11.6 Å². The molecule has 1 fully saturated rings. The van der Waals surface area contributed by atoms with E-state index < -0.39 is 0 Å². The van der Waals surface area contributed by atoms with Crippen LogP contribution in [0.15, 0.2) is 67.4 Å². The smallest absolute Gasteiger partial charge is 0.254 e. The van der Waals surface area contributed by atoms with Crippen LogP contribution >= 0.6 is 0 Å². The number of hydrogen-bond acceptors (Lipinski definition) is 7. The first-order chi connectivity index (χ1) is 17.1. The highest BCUT2D eigenvalue weighted by Gasteiger charge is 2.28. The fourth-order valence-corrected chi connectivity index (χ4v) is 4.29. The minimum Gasteiger partial charge on any atom is -0.439 e. The summed E-state index contributed by atoms with van der Waals surface area (Å²) in [6.45, 7) is 5.19. The standard InChI is InChI=1S/C27H26N6O2/c1-18-6-3-4-8-24(18)35-25-12-19(2)31-26(32-25)21-7-5-11-33(16-21)27(34)20-9-10-30-23(13-20)22-14-28-17-29-15-22/h3-4,6,8-10,12-15,17,21H,5,7,11,16H2,1-2H3/t21-/m0/s1. The second-order valence-corrected chi connectivity index (χ2v) is 8.72. The lowest BCUT2D eigenvalue weighted by Crippen LogP contribution is -2.39. The molecule has 0 spiro atoms. The predicted octanol–water partition coefficient (Wildman–Crippen LogP) is 4.76. The molecule has 176 valence electrons. The van der Waals surface area contributed by atoms with Crippen molar-refractivity contribution in [2.24, 2.45) is 0 Å². The minimum atomic E-state index is -0.0285. The van der Waals surface area contributed by atoms with Crippen molar-refractivity contribution in [3.8, 4) is 22.9 Å². The summed E-state index contributed by atoms with van der Waals surface area (Å²) in [5, 5.41) is 0. The van der Waals surface area contributed by atoms with Crippen LogP contribution in [-0.2, 0) is 0 Å². The average molecular weight is 467 g/mol. The molecule has 1 amide bonds. The summed E-state index contributed by atoms with van der Waals surface area (Å²) >= 11 is 0. The van der Waals surface area contributed by atoms with Gasteiger partial charge in [-0.15, -0.1) is 0 Å². The lowest BCUT2D eigenvalue weighted by atomic mass is 9.96. The number of aromatic nitrogens is 5. The number of nitrogens with zero attached hydrogens (tertiary/aromatic N) is 6. The van der Waals surface area contributed by atoms with Crippen LogP contribution in [0.2, 0.25) is 0 Å². The van der Waals surface area contributed by atoms with Crippen LogP contribution in [0.4, 0.5) is 0 Å². The van der Waals surface area contributed by atoms with Gasteiger partial charge in [-0.3, -0.25) is 9.78 Å². The molecule has 0 radical (unpaired) electrons. The van der Waals surface area contributed by atoms with E-state index in [0.717, 1.165) is 35.4 Å². The van der Waals surface area contributed by atoms with Gasteiger partial charge >= 0.3 is 0 Å². The van der Waals surface area contributed by atoms with Crippen molar-refractivity contribution in [1.29, 1.82) is 0 Å². The van der Waals surface area contributed by atoms with Gasteiger partial charge in [0.05, 0.1) is 5.69 Å². The molecular weight excluding hydrogens is 440 g/mol. The van der Waals surface area contributed by atoms with Crippen LogP contribution in [0, 0.1) is 13.8 Å². The zero-order valence-electron chi connectivity index (χ0n) is 19.8. The van der Waals surface area contributed by atoms with Crippen molar-refractivity contribution in [2.75, 3.05) is 13.1 Å². The second-order valence-electron chi connectivity index (χ2n) is 8.72. The van der Waals surface area contributed by atoms with Gasteiger partial charge in [-0.2, -0.15) is 4.98 Å². The molecule has 1 atom stereocenters. The van der Waals surface area contributed by atoms with Gasteiger partial charge in [-0.1, -0.05) is 18.2 Å². The van der Waals surface area contributed by atoms with E-state index in [4.69, 9.17) is 9.72 Å². The monoisotopic (exact) mass is 466 g/mol.